The Bertz CT molecular complexity index is 1390. The Balaban J connectivity index is 1.19. The minimum absolute atomic E-state index is 0.0181. The molecule has 35 heavy (non-hydrogen) atoms. The molecule has 6 rings (SSSR count). The third kappa shape index (κ3) is 3.58. The van der Waals surface area contributed by atoms with Crippen LogP contribution in [-0.2, 0) is 19.3 Å². The second-order valence-electron chi connectivity index (χ2n) is 8.92. The van der Waals surface area contributed by atoms with Crippen LogP contribution in [0.3, 0.4) is 0 Å². The predicted molar refractivity (Wildman–Crippen MR) is 111 cm³/mol. The number of hydrogen-bond donors (Lipinski definition) is 0. The first-order valence-electron chi connectivity index (χ1n) is 10.9. The van der Waals surface area contributed by atoms with Crippen molar-refractivity contribution in [2.24, 2.45) is 5.92 Å². The third-order valence-electron chi connectivity index (χ3n) is 6.80. The highest BCUT2D eigenvalue weighted by Gasteiger charge is 2.65. The van der Waals surface area contributed by atoms with Crippen LogP contribution < -0.4 is 20.1 Å². The van der Waals surface area contributed by atoms with Crippen molar-refractivity contribution < 1.29 is 31.4 Å². The zero-order chi connectivity index (χ0) is 24.5. The maximum atomic E-state index is 14.6. The van der Waals surface area contributed by atoms with Crippen LogP contribution in [0.4, 0.5) is 27.8 Å². The van der Waals surface area contributed by atoms with Crippen molar-refractivity contribution in [1.29, 1.82) is 0 Å². The van der Waals surface area contributed by atoms with Crippen molar-refractivity contribution in [2.75, 3.05) is 11.4 Å². The number of hydrogen-bond acceptors (Lipinski definition) is 6. The summed E-state index contributed by atoms with van der Waals surface area (Å²) in [6, 6.07) is 5.13. The number of ether oxygens (including phenoxy) is 2. The fraction of sp³-hybridized carbons (Fsp3) is 0.348. The largest absolute Gasteiger partial charge is 0.473 e. The lowest BCUT2D eigenvalue weighted by atomic mass is 10.2. The molecule has 2 aliphatic heterocycles. The normalized spacial score (nSPS) is 22.0. The van der Waals surface area contributed by atoms with E-state index in [2.05, 4.69) is 14.9 Å². The Kier molecular flexibility index (Phi) is 4.61. The van der Waals surface area contributed by atoms with Gasteiger partial charge in [-0.2, -0.15) is 18.2 Å². The monoisotopic (exact) mass is 492 g/mol. The molecular weight excluding hydrogens is 475 g/mol. The summed E-state index contributed by atoms with van der Waals surface area (Å²) in [5.74, 6) is -2.18. The molecule has 0 radical (unpaired) electrons. The van der Waals surface area contributed by atoms with E-state index in [9.17, 15) is 26.7 Å². The van der Waals surface area contributed by atoms with E-state index < -0.39 is 40.7 Å². The number of nitrogens with zero attached hydrogens (tertiary/aromatic N) is 4. The summed E-state index contributed by atoms with van der Waals surface area (Å²) < 4.78 is 79.8. The molecule has 2 atom stereocenters. The number of piperidine rings is 1. The summed E-state index contributed by atoms with van der Waals surface area (Å²) in [4.78, 5) is 21.8. The highest BCUT2D eigenvalue weighted by molar-refractivity contribution is 5.55. The van der Waals surface area contributed by atoms with Crippen LogP contribution >= 0.6 is 0 Å². The Morgan fingerprint density at radius 1 is 1.14 bits per heavy atom. The van der Waals surface area contributed by atoms with E-state index in [4.69, 9.17) is 9.47 Å². The van der Waals surface area contributed by atoms with Crippen LogP contribution in [0.25, 0.3) is 0 Å². The number of rotatable bonds is 5. The van der Waals surface area contributed by atoms with Gasteiger partial charge in [0.25, 0.3) is 0 Å². The number of halogens is 5. The van der Waals surface area contributed by atoms with Gasteiger partial charge in [-0.05, 0) is 42.5 Å². The zero-order valence-corrected chi connectivity index (χ0v) is 18.0. The zero-order valence-electron chi connectivity index (χ0n) is 18.0. The van der Waals surface area contributed by atoms with Gasteiger partial charge in [0.05, 0.1) is 12.1 Å². The number of aromatic nitrogens is 3. The van der Waals surface area contributed by atoms with Gasteiger partial charge in [0.15, 0.2) is 17.4 Å². The molecule has 7 nitrogen and oxygen atoms in total. The van der Waals surface area contributed by atoms with E-state index in [0.717, 1.165) is 49.6 Å². The maximum Gasteiger partial charge on any atom is 0.433 e. The van der Waals surface area contributed by atoms with Crippen molar-refractivity contribution in [3.63, 3.8) is 0 Å². The highest BCUT2D eigenvalue weighted by Crippen LogP contribution is 2.60. The van der Waals surface area contributed by atoms with Gasteiger partial charge in [-0.25, -0.2) is 13.6 Å². The Labute approximate surface area is 194 Å². The van der Waals surface area contributed by atoms with Crippen molar-refractivity contribution >= 4 is 5.82 Å². The van der Waals surface area contributed by atoms with Crippen molar-refractivity contribution in [2.45, 2.75) is 37.7 Å². The molecule has 2 unspecified atom stereocenters. The molecule has 1 saturated carbocycles. The summed E-state index contributed by atoms with van der Waals surface area (Å²) in [7, 11) is 0. The summed E-state index contributed by atoms with van der Waals surface area (Å²) in [6.45, 7) is 1.18. The molecular formula is C23H17F5N4O3. The third-order valence-corrected chi connectivity index (χ3v) is 6.80. The number of alkyl halides is 3. The SMILES string of the molecule is O=c1nc(OCc2cc(F)c(Oc3ccnc(C(F)(F)F)c3)c(F)c2)cc2n1CC13CC1CCN23. The smallest absolute Gasteiger partial charge is 0.433 e. The summed E-state index contributed by atoms with van der Waals surface area (Å²) in [6.07, 6.45) is -1.78. The molecule has 0 bridgehead atoms. The fourth-order valence-electron chi connectivity index (χ4n) is 5.09. The van der Waals surface area contributed by atoms with E-state index in [-0.39, 0.29) is 23.6 Å². The molecule has 0 amide bonds. The van der Waals surface area contributed by atoms with Crippen LogP contribution in [0, 0.1) is 17.6 Å². The van der Waals surface area contributed by atoms with Gasteiger partial charge in [0.1, 0.15) is 23.9 Å². The number of benzene rings is 1. The Hall–Kier alpha value is -3.70. The molecule has 12 heteroatoms. The van der Waals surface area contributed by atoms with E-state index in [1.807, 2.05) is 0 Å². The minimum atomic E-state index is -4.73. The number of anilines is 1. The van der Waals surface area contributed by atoms with Crippen LogP contribution in [0.1, 0.15) is 24.1 Å². The van der Waals surface area contributed by atoms with Crippen LogP contribution in [0.2, 0.25) is 0 Å². The predicted octanol–water partition coefficient (Wildman–Crippen LogP) is 4.29. The average molecular weight is 492 g/mol. The molecule has 3 aliphatic rings. The van der Waals surface area contributed by atoms with Gasteiger partial charge < -0.3 is 14.4 Å². The molecule has 2 aromatic heterocycles. The van der Waals surface area contributed by atoms with Gasteiger partial charge in [-0.3, -0.25) is 9.55 Å². The molecule has 2 fully saturated rings. The summed E-state index contributed by atoms with van der Waals surface area (Å²) >= 11 is 0. The van der Waals surface area contributed by atoms with Crippen LogP contribution in [0.15, 0.2) is 41.3 Å². The number of fused-ring (bicyclic) bond motifs is 2. The minimum Gasteiger partial charge on any atom is -0.473 e. The maximum absolute atomic E-state index is 14.6. The van der Waals surface area contributed by atoms with E-state index in [1.54, 1.807) is 10.6 Å². The van der Waals surface area contributed by atoms with Gasteiger partial charge in [0, 0.05) is 24.9 Å². The molecule has 1 saturated heterocycles. The van der Waals surface area contributed by atoms with Crippen LogP contribution in [-0.4, -0.2) is 26.6 Å². The highest BCUT2D eigenvalue weighted by atomic mass is 19.4. The fourth-order valence-corrected chi connectivity index (χ4v) is 5.09. The lowest BCUT2D eigenvalue weighted by Gasteiger charge is -2.20. The average Bonchev–Trinajstić information content (AvgIpc) is 3.21. The lowest BCUT2D eigenvalue weighted by molar-refractivity contribution is -0.141. The molecule has 182 valence electrons. The quantitative estimate of drug-likeness (QED) is 0.495. The second kappa shape index (κ2) is 7.40. The molecule has 3 aromatic rings. The topological polar surface area (TPSA) is 69.5 Å². The molecule has 1 spiro atoms. The van der Waals surface area contributed by atoms with Gasteiger partial charge in [-0.15, -0.1) is 0 Å². The number of pyridine rings is 1. The van der Waals surface area contributed by atoms with Crippen molar-refractivity contribution in [3.05, 3.63) is 69.9 Å². The first-order valence-corrected chi connectivity index (χ1v) is 10.9. The van der Waals surface area contributed by atoms with E-state index >= 15 is 0 Å². The van der Waals surface area contributed by atoms with Crippen LogP contribution in [0.5, 0.6) is 17.4 Å². The van der Waals surface area contributed by atoms with E-state index in [1.165, 1.54) is 0 Å². The molecule has 1 aromatic carbocycles. The summed E-state index contributed by atoms with van der Waals surface area (Å²) in [5, 5.41) is 0. The summed E-state index contributed by atoms with van der Waals surface area (Å²) in [5.41, 5.74) is -1.59. The van der Waals surface area contributed by atoms with Crippen molar-refractivity contribution in [3.8, 4) is 17.4 Å². The standard InChI is InChI=1S/C23H17F5N4O3/c24-15-5-12(6-16(25)20(15)35-14-1-3-29-17(7-14)23(26,27)28)10-34-18-8-19-31(21(33)30-18)11-22-9-13(22)2-4-32(19)22/h1,3,5-8,13H,2,4,9-11H2. The first kappa shape index (κ1) is 21.8. The molecule has 1 aliphatic carbocycles. The van der Waals surface area contributed by atoms with Gasteiger partial charge in [-0.1, -0.05) is 0 Å². The molecule has 0 N–H and O–H groups in total. The van der Waals surface area contributed by atoms with E-state index in [0.29, 0.717) is 18.5 Å². The second-order valence-corrected chi connectivity index (χ2v) is 8.92. The van der Waals surface area contributed by atoms with Gasteiger partial charge in [0.2, 0.25) is 5.88 Å². The molecule has 4 heterocycles. The van der Waals surface area contributed by atoms with Gasteiger partial charge >= 0.3 is 11.9 Å². The lowest BCUT2D eigenvalue weighted by Crippen LogP contribution is -2.30. The van der Waals surface area contributed by atoms with Crippen molar-refractivity contribution in [1.82, 2.24) is 14.5 Å². The Morgan fingerprint density at radius 2 is 1.91 bits per heavy atom. The first-order chi connectivity index (χ1) is 16.6. The Morgan fingerprint density at radius 3 is 2.63 bits per heavy atom.